The van der Waals surface area contributed by atoms with E-state index in [0.717, 1.165) is 6.42 Å². The molecule has 0 aliphatic carbocycles. The Hall–Kier alpha value is -0.670. The lowest BCUT2D eigenvalue weighted by Crippen LogP contribution is -2.25. The first-order valence-corrected chi connectivity index (χ1v) is 8.86. The third kappa shape index (κ3) is 6.75. The average molecular weight is 381 g/mol. The Balaban J connectivity index is 2.31. The summed E-state index contributed by atoms with van der Waals surface area (Å²) in [7, 11) is -1.89. The number of nitrogens with one attached hydrogen (secondary N) is 1. The molecule has 0 aromatic heterocycles. The van der Waals surface area contributed by atoms with Gasteiger partial charge >= 0.3 is 0 Å². The van der Waals surface area contributed by atoms with E-state index in [2.05, 4.69) is 20.7 Å². The molecule has 0 saturated heterocycles. The van der Waals surface area contributed by atoms with Crippen molar-refractivity contribution >= 4 is 31.6 Å². The number of halogens is 1. The molecule has 1 aromatic rings. The minimum atomic E-state index is -3.51. The van der Waals surface area contributed by atoms with Crippen molar-refractivity contribution in [2.24, 2.45) is 0 Å². The fourth-order valence-corrected chi connectivity index (χ4v) is 2.91. The van der Waals surface area contributed by atoms with Crippen LogP contribution < -0.4 is 10.5 Å². The maximum atomic E-state index is 12.0. The molecule has 3 N–H and O–H groups in total. The van der Waals surface area contributed by atoms with Crippen molar-refractivity contribution < 1.29 is 17.9 Å². The summed E-state index contributed by atoms with van der Waals surface area (Å²) in [4.78, 5) is 0.166. The molecular formula is C13H21BrN2O4S. The van der Waals surface area contributed by atoms with Crippen LogP contribution in [0.1, 0.15) is 12.8 Å². The Kier molecular flexibility index (Phi) is 8.20. The van der Waals surface area contributed by atoms with Gasteiger partial charge < -0.3 is 15.2 Å². The molecule has 0 aliphatic rings. The molecule has 0 atom stereocenters. The lowest BCUT2D eigenvalue weighted by atomic mass is 10.3. The topological polar surface area (TPSA) is 90.6 Å². The van der Waals surface area contributed by atoms with E-state index < -0.39 is 10.0 Å². The molecular weight excluding hydrogens is 360 g/mol. The predicted octanol–water partition coefficient (Wildman–Crippen LogP) is 1.75. The molecule has 0 unspecified atom stereocenters. The van der Waals surface area contributed by atoms with Gasteiger partial charge in [0.05, 0.1) is 18.1 Å². The van der Waals surface area contributed by atoms with Crippen molar-refractivity contribution in [2.45, 2.75) is 17.7 Å². The standard InChI is InChI=1S/C13H21BrN2O4S/c1-19-8-9-20-7-3-2-6-16-21(17,18)11-4-5-12(14)13(15)10-11/h4-5,10,16H,2-3,6-9,15H2,1H3. The van der Waals surface area contributed by atoms with Gasteiger partial charge in [0.1, 0.15) is 0 Å². The summed E-state index contributed by atoms with van der Waals surface area (Å²) >= 11 is 3.23. The molecule has 0 spiro atoms. The van der Waals surface area contributed by atoms with Gasteiger partial charge in [-0.1, -0.05) is 0 Å². The van der Waals surface area contributed by atoms with Crippen LogP contribution in [0.2, 0.25) is 0 Å². The molecule has 1 rings (SSSR count). The monoisotopic (exact) mass is 380 g/mol. The SMILES string of the molecule is COCCOCCCCNS(=O)(=O)c1ccc(Br)c(N)c1. The second kappa shape index (κ2) is 9.37. The number of nitrogens with two attached hydrogens (primary N) is 1. The summed E-state index contributed by atoms with van der Waals surface area (Å²) < 4.78 is 37.4. The Morgan fingerprint density at radius 2 is 2.00 bits per heavy atom. The van der Waals surface area contributed by atoms with Gasteiger partial charge in [0, 0.05) is 30.4 Å². The van der Waals surface area contributed by atoms with E-state index in [1.54, 1.807) is 13.2 Å². The van der Waals surface area contributed by atoms with Crippen LogP contribution in [0.4, 0.5) is 5.69 Å². The minimum absolute atomic E-state index is 0.166. The predicted molar refractivity (Wildman–Crippen MR) is 85.7 cm³/mol. The second-order valence-corrected chi connectivity index (χ2v) is 7.01. The molecule has 1 aromatic carbocycles. The summed E-state index contributed by atoms with van der Waals surface area (Å²) in [6, 6.07) is 4.56. The van der Waals surface area contributed by atoms with Crippen LogP contribution in [0, 0.1) is 0 Å². The van der Waals surface area contributed by atoms with E-state index in [4.69, 9.17) is 15.2 Å². The van der Waals surface area contributed by atoms with E-state index in [1.165, 1.54) is 12.1 Å². The number of hydrogen-bond donors (Lipinski definition) is 2. The first-order chi connectivity index (χ1) is 9.97. The van der Waals surface area contributed by atoms with Crippen molar-refractivity contribution in [2.75, 3.05) is 39.2 Å². The highest BCUT2D eigenvalue weighted by molar-refractivity contribution is 9.10. The van der Waals surface area contributed by atoms with Crippen LogP contribution >= 0.6 is 15.9 Å². The van der Waals surface area contributed by atoms with Crippen molar-refractivity contribution in [3.8, 4) is 0 Å². The average Bonchev–Trinajstić information content (AvgIpc) is 2.44. The molecule has 0 saturated carbocycles. The lowest BCUT2D eigenvalue weighted by Gasteiger charge is -2.08. The fourth-order valence-electron chi connectivity index (χ4n) is 1.55. The molecule has 0 aliphatic heterocycles. The number of unbranched alkanes of at least 4 members (excludes halogenated alkanes) is 1. The quantitative estimate of drug-likeness (QED) is 0.476. The number of hydrogen-bond acceptors (Lipinski definition) is 5. The second-order valence-electron chi connectivity index (χ2n) is 4.39. The normalized spacial score (nSPS) is 11.7. The van der Waals surface area contributed by atoms with Gasteiger partial charge in [0.25, 0.3) is 0 Å². The van der Waals surface area contributed by atoms with Crippen LogP contribution in [0.25, 0.3) is 0 Å². The van der Waals surface area contributed by atoms with E-state index in [9.17, 15) is 8.42 Å². The number of sulfonamides is 1. The van der Waals surface area contributed by atoms with E-state index in [0.29, 0.717) is 42.9 Å². The summed E-state index contributed by atoms with van der Waals surface area (Å²) in [6.45, 7) is 2.08. The van der Waals surface area contributed by atoms with Gasteiger partial charge in [-0.25, -0.2) is 13.1 Å². The fraction of sp³-hybridized carbons (Fsp3) is 0.538. The summed E-state index contributed by atoms with van der Waals surface area (Å²) in [5.41, 5.74) is 6.08. The molecule has 0 fully saturated rings. The van der Waals surface area contributed by atoms with Crippen molar-refractivity contribution in [3.63, 3.8) is 0 Å². The Bertz CT molecular complexity index is 537. The molecule has 0 amide bonds. The maximum absolute atomic E-state index is 12.0. The molecule has 0 heterocycles. The zero-order chi connectivity index (χ0) is 15.7. The molecule has 120 valence electrons. The zero-order valence-corrected chi connectivity index (χ0v) is 14.4. The molecule has 6 nitrogen and oxygen atoms in total. The minimum Gasteiger partial charge on any atom is -0.398 e. The van der Waals surface area contributed by atoms with Crippen LogP contribution in [-0.4, -0.2) is 41.9 Å². The van der Waals surface area contributed by atoms with Gasteiger partial charge in [0.15, 0.2) is 0 Å². The smallest absolute Gasteiger partial charge is 0.240 e. The van der Waals surface area contributed by atoms with E-state index >= 15 is 0 Å². The van der Waals surface area contributed by atoms with Crippen molar-refractivity contribution in [1.82, 2.24) is 4.72 Å². The molecule has 0 radical (unpaired) electrons. The highest BCUT2D eigenvalue weighted by Crippen LogP contribution is 2.22. The van der Waals surface area contributed by atoms with Gasteiger partial charge in [-0.15, -0.1) is 0 Å². The first-order valence-electron chi connectivity index (χ1n) is 6.59. The molecule has 21 heavy (non-hydrogen) atoms. The van der Waals surface area contributed by atoms with Crippen molar-refractivity contribution in [1.29, 1.82) is 0 Å². The summed E-state index contributed by atoms with van der Waals surface area (Å²) in [5, 5.41) is 0. The van der Waals surface area contributed by atoms with Crippen LogP contribution in [0.5, 0.6) is 0 Å². The summed E-state index contributed by atoms with van der Waals surface area (Å²) in [5.74, 6) is 0. The first kappa shape index (κ1) is 18.4. The Morgan fingerprint density at radius 3 is 2.67 bits per heavy atom. The Morgan fingerprint density at radius 1 is 1.24 bits per heavy atom. The van der Waals surface area contributed by atoms with E-state index in [-0.39, 0.29) is 4.90 Å². The maximum Gasteiger partial charge on any atom is 0.240 e. The number of anilines is 1. The highest BCUT2D eigenvalue weighted by atomic mass is 79.9. The van der Waals surface area contributed by atoms with Crippen LogP contribution in [0.3, 0.4) is 0 Å². The Labute approximate surface area is 134 Å². The van der Waals surface area contributed by atoms with Crippen LogP contribution in [0.15, 0.2) is 27.6 Å². The largest absolute Gasteiger partial charge is 0.398 e. The van der Waals surface area contributed by atoms with Crippen LogP contribution in [-0.2, 0) is 19.5 Å². The van der Waals surface area contributed by atoms with Gasteiger partial charge in [0.2, 0.25) is 10.0 Å². The number of nitrogen functional groups attached to an aromatic ring is 1. The van der Waals surface area contributed by atoms with Crippen molar-refractivity contribution in [3.05, 3.63) is 22.7 Å². The lowest BCUT2D eigenvalue weighted by molar-refractivity contribution is 0.0689. The number of rotatable bonds is 10. The third-order valence-electron chi connectivity index (χ3n) is 2.72. The molecule has 8 heteroatoms. The molecule has 0 bridgehead atoms. The van der Waals surface area contributed by atoms with Gasteiger partial charge in [-0.2, -0.15) is 0 Å². The van der Waals surface area contributed by atoms with Gasteiger partial charge in [-0.05, 0) is 47.0 Å². The summed E-state index contributed by atoms with van der Waals surface area (Å²) in [6.07, 6.45) is 1.49. The highest BCUT2D eigenvalue weighted by Gasteiger charge is 2.14. The number of benzene rings is 1. The number of ether oxygens (including phenoxy) is 2. The zero-order valence-electron chi connectivity index (χ0n) is 12.0. The number of methoxy groups -OCH3 is 1. The van der Waals surface area contributed by atoms with E-state index in [1.807, 2.05) is 0 Å². The third-order valence-corrected chi connectivity index (χ3v) is 4.90. The van der Waals surface area contributed by atoms with Gasteiger partial charge in [-0.3, -0.25) is 0 Å².